The lowest BCUT2D eigenvalue weighted by Crippen LogP contribution is -2.12. The summed E-state index contributed by atoms with van der Waals surface area (Å²) in [5, 5.41) is 9.39. The van der Waals surface area contributed by atoms with Crippen molar-refractivity contribution in [2.75, 3.05) is 0 Å². The van der Waals surface area contributed by atoms with Crippen molar-refractivity contribution in [3.8, 4) is 0 Å². The monoisotopic (exact) mass is 309 g/mol. The molecule has 3 aromatic rings. The molecule has 0 unspecified atom stereocenters. The minimum absolute atomic E-state index is 0.112. The van der Waals surface area contributed by atoms with Gasteiger partial charge in [-0.3, -0.25) is 4.68 Å². The van der Waals surface area contributed by atoms with Crippen molar-refractivity contribution in [3.05, 3.63) is 42.4 Å². The fourth-order valence-corrected chi connectivity index (χ4v) is 2.95. The zero-order valence-corrected chi connectivity index (χ0v) is 11.9. The number of nitrogens with zero attached hydrogens (tertiary/aromatic N) is 4. The number of sulfonamides is 1. The number of aromatic nitrogens is 4. The normalized spacial score (nSPS) is 12.1. The molecule has 2 heterocycles. The van der Waals surface area contributed by atoms with Gasteiger partial charge in [0.2, 0.25) is 10.0 Å². The molecule has 2 aromatic heterocycles. The van der Waals surface area contributed by atoms with Crippen LogP contribution in [0.2, 0.25) is 0 Å². The Morgan fingerprint density at radius 1 is 1.38 bits per heavy atom. The first-order chi connectivity index (χ1) is 9.86. The van der Waals surface area contributed by atoms with E-state index in [0.29, 0.717) is 17.9 Å². The predicted molar refractivity (Wildman–Crippen MR) is 73.4 cm³/mol. The molecule has 0 aliphatic rings. The highest BCUT2D eigenvalue weighted by molar-refractivity contribution is 7.89. The van der Waals surface area contributed by atoms with Gasteiger partial charge in [-0.15, -0.1) is 0 Å². The Kier molecular flexibility index (Phi) is 3.03. The summed E-state index contributed by atoms with van der Waals surface area (Å²) in [7, 11) is -2.21. The van der Waals surface area contributed by atoms with Crippen LogP contribution in [-0.4, -0.2) is 27.7 Å². The standard InChI is InChI=1S/C12H12FN5O2S/c1-17-12(15-7-16-17)6-18-5-11(21(14,19)20)9-4-8(13)2-3-10(9)18/h2-5,7H,6H2,1H3,(H2,14,19,20). The van der Waals surface area contributed by atoms with Crippen LogP contribution in [0.1, 0.15) is 5.82 Å². The molecular formula is C12H12FN5O2S. The second-order valence-electron chi connectivity index (χ2n) is 4.63. The van der Waals surface area contributed by atoms with Gasteiger partial charge < -0.3 is 4.57 Å². The summed E-state index contributed by atoms with van der Waals surface area (Å²) in [5.41, 5.74) is 0.559. The molecule has 3 rings (SSSR count). The van der Waals surface area contributed by atoms with Crippen molar-refractivity contribution in [2.45, 2.75) is 11.4 Å². The van der Waals surface area contributed by atoms with Gasteiger partial charge in [0.25, 0.3) is 0 Å². The summed E-state index contributed by atoms with van der Waals surface area (Å²) < 4.78 is 39.9. The van der Waals surface area contributed by atoms with Gasteiger partial charge in [0, 0.05) is 18.6 Å². The van der Waals surface area contributed by atoms with E-state index in [1.54, 1.807) is 16.3 Å². The maximum absolute atomic E-state index is 13.4. The fourth-order valence-electron chi connectivity index (χ4n) is 2.21. The summed E-state index contributed by atoms with van der Waals surface area (Å²) in [6.07, 6.45) is 2.79. The second-order valence-corrected chi connectivity index (χ2v) is 6.16. The SMILES string of the molecule is Cn1ncnc1Cn1cc(S(N)(=O)=O)c2cc(F)ccc21. The van der Waals surface area contributed by atoms with Crippen LogP contribution in [0.3, 0.4) is 0 Å². The number of hydrogen-bond donors (Lipinski definition) is 1. The number of primary sulfonamides is 1. The molecule has 0 amide bonds. The Hall–Kier alpha value is -2.26. The maximum atomic E-state index is 13.4. The first kappa shape index (κ1) is 13.7. The zero-order chi connectivity index (χ0) is 15.2. The Labute approximate surface area is 119 Å². The van der Waals surface area contributed by atoms with E-state index in [1.165, 1.54) is 24.7 Å². The molecular weight excluding hydrogens is 297 g/mol. The molecule has 2 N–H and O–H groups in total. The van der Waals surface area contributed by atoms with Gasteiger partial charge in [0.1, 0.15) is 22.9 Å². The van der Waals surface area contributed by atoms with Crippen LogP contribution >= 0.6 is 0 Å². The lowest BCUT2D eigenvalue weighted by atomic mass is 10.2. The summed E-state index contributed by atoms with van der Waals surface area (Å²) in [5.74, 6) is 0.112. The summed E-state index contributed by atoms with van der Waals surface area (Å²) >= 11 is 0. The van der Waals surface area contributed by atoms with Crippen LogP contribution < -0.4 is 5.14 Å². The van der Waals surface area contributed by atoms with Gasteiger partial charge in [-0.05, 0) is 18.2 Å². The van der Waals surface area contributed by atoms with Crippen molar-refractivity contribution >= 4 is 20.9 Å². The number of hydrogen-bond acceptors (Lipinski definition) is 4. The van der Waals surface area contributed by atoms with Crippen molar-refractivity contribution in [2.24, 2.45) is 12.2 Å². The Bertz CT molecular complexity index is 928. The summed E-state index contributed by atoms with van der Waals surface area (Å²) in [4.78, 5) is 3.97. The van der Waals surface area contributed by atoms with Crippen molar-refractivity contribution in [3.63, 3.8) is 0 Å². The van der Waals surface area contributed by atoms with Gasteiger partial charge in [-0.2, -0.15) is 5.10 Å². The maximum Gasteiger partial charge on any atom is 0.240 e. The molecule has 0 spiro atoms. The smallest absolute Gasteiger partial charge is 0.240 e. The summed E-state index contributed by atoms with van der Waals surface area (Å²) in [6.45, 7) is 0.300. The molecule has 1 aromatic carbocycles. The van der Waals surface area contributed by atoms with E-state index in [4.69, 9.17) is 5.14 Å². The molecule has 110 valence electrons. The lowest BCUT2D eigenvalue weighted by molar-refractivity contribution is 0.597. The molecule has 0 radical (unpaired) electrons. The molecule has 0 saturated heterocycles. The van der Waals surface area contributed by atoms with E-state index < -0.39 is 15.8 Å². The number of nitrogens with two attached hydrogens (primary N) is 1. The van der Waals surface area contributed by atoms with E-state index in [1.807, 2.05) is 0 Å². The largest absolute Gasteiger partial charge is 0.338 e. The quantitative estimate of drug-likeness (QED) is 0.766. The molecule has 0 fully saturated rings. The topological polar surface area (TPSA) is 95.8 Å². The second kappa shape index (κ2) is 4.64. The molecule has 21 heavy (non-hydrogen) atoms. The Morgan fingerprint density at radius 3 is 2.76 bits per heavy atom. The van der Waals surface area contributed by atoms with Gasteiger partial charge in [-0.25, -0.2) is 22.9 Å². The average Bonchev–Trinajstić information content (AvgIpc) is 2.94. The van der Waals surface area contributed by atoms with E-state index in [2.05, 4.69) is 10.1 Å². The van der Waals surface area contributed by atoms with E-state index in [9.17, 15) is 12.8 Å². The highest BCUT2D eigenvalue weighted by atomic mass is 32.2. The molecule has 0 bridgehead atoms. The molecule has 0 atom stereocenters. The van der Waals surface area contributed by atoms with E-state index in [-0.39, 0.29) is 10.3 Å². The molecule has 7 nitrogen and oxygen atoms in total. The Balaban J connectivity index is 2.22. The fraction of sp³-hybridized carbons (Fsp3) is 0.167. The minimum Gasteiger partial charge on any atom is -0.338 e. The molecule has 0 saturated carbocycles. The van der Waals surface area contributed by atoms with Crippen LogP contribution in [0.4, 0.5) is 4.39 Å². The van der Waals surface area contributed by atoms with Crippen LogP contribution in [0.25, 0.3) is 10.9 Å². The molecule has 9 heteroatoms. The third-order valence-electron chi connectivity index (χ3n) is 3.23. The first-order valence-electron chi connectivity index (χ1n) is 6.00. The van der Waals surface area contributed by atoms with E-state index >= 15 is 0 Å². The number of benzene rings is 1. The first-order valence-corrected chi connectivity index (χ1v) is 7.55. The van der Waals surface area contributed by atoms with Crippen LogP contribution in [0, 0.1) is 5.82 Å². The molecule has 0 aliphatic carbocycles. The third-order valence-corrected chi connectivity index (χ3v) is 4.17. The van der Waals surface area contributed by atoms with Gasteiger partial charge in [0.15, 0.2) is 0 Å². The Morgan fingerprint density at radius 2 is 2.14 bits per heavy atom. The van der Waals surface area contributed by atoms with Crippen LogP contribution in [0.15, 0.2) is 35.6 Å². The number of fused-ring (bicyclic) bond motifs is 1. The van der Waals surface area contributed by atoms with E-state index in [0.717, 1.165) is 6.07 Å². The average molecular weight is 309 g/mol. The molecule has 0 aliphatic heterocycles. The highest BCUT2D eigenvalue weighted by Crippen LogP contribution is 2.26. The number of rotatable bonds is 3. The van der Waals surface area contributed by atoms with Crippen LogP contribution in [-0.2, 0) is 23.6 Å². The van der Waals surface area contributed by atoms with Crippen molar-refractivity contribution < 1.29 is 12.8 Å². The lowest BCUT2D eigenvalue weighted by Gasteiger charge is -2.04. The third kappa shape index (κ3) is 2.41. The van der Waals surface area contributed by atoms with Gasteiger partial charge in [-0.1, -0.05) is 0 Å². The zero-order valence-electron chi connectivity index (χ0n) is 11.1. The van der Waals surface area contributed by atoms with Gasteiger partial charge in [0.05, 0.1) is 12.1 Å². The predicted octanol–water partition coefficient (Wildman–Crippen LogP) is 0.605. The van der Waals surface area contributed by atoms with Crippen molar-refractivity contribution in [1.82, 2.24) is 19.3 Å². The number of halogens is 1. The van der Waals surface area contributed by atoms with Gasteiger partial charge >= 0.3 is 0 Å². The van der Waals surface area contributed by atoms with Crippen molar-refractivity contribution in [1.29, 1.82) is 0 Å². The van der Waals surface area contributed by atoms with Crippen LogP contribution in [0.5, 0.6) is 0 Å². The highest BCUT2D eigenvalue weighted by Gasteiger charge is 2.18. The number of aryl methyl sites for hydroxylation is 1. The minimum atomic E-state index is -3.94. The summed E-state index contributed by atoms with van der Waals surface area (Å²) in [6, 6.07) is 3.93.